The number of benzene rings is 2. The average Bonchev–Trinajstić information content (AvgIpc) is 3.11. The highest BCUT2D eigenvalue weighted by molar-refractivity contribution is 6.34. The van der Waals surface area contributed by atoms with Crippen molar-refractivity contribution in [2.75, 3.05) is 12.4 Å². The molecule has 6 nitrogen and oxygen atoms in total. The lowest BCUT2D eigenvalue weighted by molar-refractivity contribution is -0.141. The van der Waals surface area contributed by atoms with Crippen LogP contribution in [0.2, 0.25) is 5.02 Å². The number of oxime groups is 1. The molecule has 10 heteroatoms. The molecular formula is C21H18ClF3N4O2. The van der Waals surface area contributed by atoms with Crippen LogP contribution in [0, 0.1) is 0 Å². The first-order valence-electron chi connectivity index (χ1n) is 9.01. The zero-order valence-electron chi connectivity index (χ0n) is 16.8. The van der Waals surface area contributed by atoms with E-state index in [0.29, 0.717) is 33.1 Å². The van der Waals surface area contributed by atoms with Crippen LogP contribution < -0.4 is 5.32 Å². The Hall–Kier alpha value is -3.33. The molecule has 0 fully saturated rings. The van der Waals surface area contributed by atoms with Crippen molar-refractivity contribution in [1.82, 2.24) is 9.78 Å². The minimum atomic E-state index is -4.75. The molecule has 0 aliphatic carbocycles. The number of rotatable bonds is 5. The molecule has 0 atom stereocenters. The van der Waals surface area contributed by atoms with Crippen molar-refractivity contribution in [3.8, 4) is 11.1 Å². The molecule has 0 aliphatic heterocycles. The van der Waals surface area contributed by atoms with Gasteiger partial charge < -0.3 is 10.2 Å². The number of carbonyl (C=O) groups is 1. The van der Waals surface area contributed by atoms with Gasteiger partial charge in [-0.2, -0.15) is 18.3 Å². The van der Waals surface area contributed by atoms with Gasteiger partial charge in [-0.25, -0.2) is 0 Å². The molecule has 0 spiro atoms. The Morgan fingerprint density at radius 2 is 1.90 bits per heavy atom. The maximum Gasteiger partial charge on any atom is 0.435 e. The third-order valence-corrected chi connectivity index (χ3v) is 4.73. The van der Waals surface area contributed by atoms with E-state index in [4.69, 9.17) is 16.4 Å². The molecular weight excluding hydrogens is 433 g/mol. The van der Waals surface area contributed by atoms with Crippen molar-refractivity contribution >= 4 is 28.9 Å². The number of hydrogen-bond donors (Lipinski definition) is 1. The second kappa shape index (κ2) is 8.81. The van der Waals surface area contributed by atoms with Gasteiger partial charge in [-0.05, 0) is 24.6 Å². The summed E-state index contributed by atoms with van der Waals surface area (Å²) in [6, 6.07) is 11.9. The number of aryl methyl sites for hydroxylation is 1. The first-order chi connectivity index (χ1) is 14.6. The number of para-hydroxylation sites is 1. The number of alkyl halides is 3. The summed E-state index contributed by atoms with van der Waals surface area (Å²) in [5.74, 6) is -0.918. The third kappa shape index (κ3) is 4.88. The van der Waals surface area contributed by atoms with Gasteiger partial charge in [0.1, 0.15) is 7.11 Å². The molecule has 0 bridgehead atoms. The van der Waals surface area contributed by atoms with Gasteiger partial charge in [0, 0.05) is 30.1 Å². The van der Waals surface area contributed by atoms with Crippen LogP contribution in [0.15, 0.2) is 53.8 Å². The molecule has 0 radical (unpaired) electrons. The molecule has 3 rings (SSSR count). The van der Waals surface area contributed by atoms with Crippen molar-refractivity contribution < 1.29 is 22.8 Å². The van der Waals surface area contributed by atoms with Gasteiger partial charge in [-0.1, -0.05) is 47.1 Å². The van der Waals surface area contributed by atoms with Crippen molar-refractivity contribution in [3.05, 3.63) is 70.5 Å². The van der Waals surface area contributed by atoms with Gasteiger partial charge in [-0.15, -0.1) is 0 Å². The van der Waals surface area contributed by atoms with Gasteiger partial charge in [-0.3, -0.25) is 9.48 Å². The number of aromatic nitrogens is 2. The minimum absolute atomic E-state index is 0.329. The predicted molar refractivity (Wildman–Crippen MR) is 112 cm³/mol. The lowest BCUT2D eigenvalue weighted by Gasteiger charge is -2.13. The Bertz CT molecular complexity index is 1160. The summed E-state index contributed by atoms with van der Waals surface area (Å²) >= 11 is 6.38. The zero-order chi connectivity index (χ0) is 22.8. The average molecular weight is 451 g/mol. The smallest absolute Gasteiger partial charge is 0.399 e. The maximum atomic E-state index is 13.2. The standard InChI is InChI=1S/C21H18ClF3N4O2/c1-12(28-31-3)14-9-8-13(10-17(14)22)15-6-4-5-7-18(15)26-20(30)16-11-29(2)27-19(16)21(23,24)25/h4-11H,1-3H3,(H,26,30)/b28-12-. The third-order valence-electron chi connectivity index (χ3n) is 4.42. The minimum Gasteiger partial charge on any atom is -0.399 e. The van der Waals surface area contributed by atoms with E-state index in [-0.39, 0.29) is 0 Å². The molecule has 1 heterocycles. The van der Waals surface area contributed by atoms with Crippen LogP contribution in [0.5, 0.6) is 0 Å². The summed E-state index contributed by atoms with van der Waals surface area (Å²) in [5.41, 5.74) is 1.02. The molecule has 0 saturated carbocycles. The van der Waals surface area contributed by atoms with Crippen LogP contribution in [0.1, 0.15) is 28.5 Å². The van der Waals surface area contributed by atoms with Crippen molar-refractivity contribution in [2.45, 2.75) is 13.1 Å². The van der Waals surface area contributed by atoms with Crippen LogP contribution >= 0.6 is 11.6 Å². The number of hydrogen-bond acceptors (Lipinski definition) is 4. The molecule has 1 aromatic heterocycles. The fourth-order valence-electron chi connectivity index (χ4n) is 3.06. The van der Waals surface area contributed by atoms with Crippen LogP contribution in [-0.4, -0.2) is 28.5 Å². The molecule has 31 heavy (non-hydrogen) atoms. The lowest BCUT2D eigenvalue weighted by Crippen LogP contribution is -2.18. The van der Waals surface area contributed by atoms with Crippen molar-refractivity contribution in [2.24, 2.45) is 12.2 Å². The predicted octanol–water partition coefficient (Wildman–Crippen LogP) is 5.38. The Morgan fingerprint density at radius 1 is 1.19 bits per heavy atom. The van der Waals surface area contributed by atoms with E-state index < -0.39 is 23.3 Å². The van der Waals surface area contributed by atoms with E-state index >= 15 is 0 Å². The number of nitrogens with one attached hydrogen (secondary N) is 1. The molecule has 1 amide bonds. The summed E-state index contributed by atoms with van der Waals surface area (Å²) in [5, 5.41) is 10.2. The van der Waals surface area contributed by atoms with Crippen molar-refractivity contribution in [1.29, 1.82) is 0 Å². The summed E-state index contributed by atoms with van der Waals surface area (Å²) in [6.45, 7) is 1.74. The fourth-order valence-corrected chi connectivity index (χ4v) is 3.38. The van der Waals surface area contributed by atoms with E-state index in [9.17, 15) is 18.0 Å². The highest BCUT2D eigenvalue weighted by Crippen LogP contribution is 2.34. The van der Waals surface area contributed by atoms with Gasteiger partial charge in [0.05, 0.1) is 16.3 Å². The highest BCUT2D eigenvalue weighted by Gasteiger charge is 2.39. The van der Waals surface area contributed by atoms with E-state index in [1.165, 1.54) is 14.2 Å². The Morgan fingerprint density at radius 3 is 2.55 bits per heavy atom. The van der Waals surface area contributed by atoms with E-state index in [1.807, 2.05) is 0 Å². The molecule has 3 aromatic rings. The van der Waals surface area contributed by atoms with E-state index in [2.05, 4.69) is 15.6 Å². The number of carbonyl (C=O) groups excluding carboxylic acids is 1. The van der Waals surface area contributed by atoms with E-state index in [1.54, 1.807) is 49.4 Å². The second-order valence-electron chi connectivity index (χ2n) is 6.62. The maximum absolute atomic E-state index is 13.2. The zero-order valence-corrected chi connectivity index (χ0v) is 17.5. The summed E-state index contributed by atoms with van der Waals surface area (Å²) in [7, 11) is 2.75. The number of halogens is 4. The quantitative estimate of drug-likeness (QED) is 0.419. The highest BCUT2D eigenvalue weighted by atomic mass is 35.5. The van der Waals surface area contributed by atoms with Crippen LogP contribution in [-0.2, 0) is 18.1 Å². The van der Waals surface area contributed by atoms with Crippen molar-refractivity contribution in [3.63, 3.8) is 0 Å². The molecule has 0 aliphatic rings. The monoisotopic (exact) mass is 450 g/mol. The molecule has 1 N–H and O–H groups in total. The van der Waals surface area contributed by atoms with Gasteiger partial charge in [0.15, 0.2) is 5.69 Å². The van der Waals surface area contributed by atoms with Crippen LogP contribution in [0.3, 0.4) is 0 Å². The SMILES string of the molecule is CO/N=C(/C)c1ccc(-c2ccccc2NC(=O)c2cn(C)nc2C(F)(F)F)cc1Cl. The largest absolute Gasteiger partial charge is 0.435 e. The first-order valence-corrected chi connectivity index (χ1v) is 9.39. The Kier molecular flexibility index (Phi) is 6.35. The summed E-state index contributed by atoms with van der Waals surface area (Å²) in [6.07, 6.45) is -3.72. The summed E-state index contributed by atoms with van der Waals surface area (Å²) < 4.78 is 40.6. The number of amides is 1. The molecule has 2 aromatic carbocycles. The van der Waals surface area contributed by atoms with Gasteiger partial charge in [0.25, 0.3) is 5.91 Å². The Labute approximate surface area is 181 Å². The van der Waals surface area contributed by atoms with E-state index in [0.717, 1.165) is 10.9 Å². The first kappa shape index (κ1) is 22.4. The Balaban J connectivity index is 1.96. The fraction of sp³-hybridized carbons (Fsp3) is 0.190. The van der Waals surface area contributed by atoms with Crippen LogP contribution in [0.4, 0.5) is 18.9 Å². The van der Waals surface area contributed by atoms with Gasteiger partial charge >= 0.3 is 6.18 Å². The molecule has 0 saturated heterocycles. The topological polar surface area (TPSA) is 68.5 Å². The molecule has 162 valence electrons. The second-order valence-corrected chi connectivity index (χ2v) is 7.02. The number of nitrogens with zero attached hydrogens (tertiary/aromatic N) is 3. The summed E-state index contributed by atoms with van der Waals surface area (Å²) in [4.78, 5) is 17.4. The lowest BCUT2D eigenvalue weighted by atomic mass is 10.0. The van der Waals surface area contributed by atoms with Gasteiger partial charge in [0.2, 0.25) is 0 Å². The van der Waals surface area contributed by atoms with Crippen LogP contribution in [0.25, 0.3) is 11.1 Å². The normalized spacial score (nSPS) is 12.0. The molecule has 0 unspecified atom stereocenters. The number of anilines is 1.